The maximum atomic E-state index is 12.8. The number of anilines is 1. The summed E-state index contributed by atoms with van der Waals surface area (Å²) in [6.45, 7) is 3.41. The minimum atomic E-state index is -1.02. The van der Waals surface area contributed by atoms with E-state index in [1.165, 1.54) is 6.92 Å². The lowest BCUT2D eigenvalue weighted by Gasteiger charge is -2.35. The van der Waals surface area contributed by atoms with Gasteiger partial charge in [0.15, 0.2) is 0 Å². The Hall–Kier alpha value is -1.79. The summed E-state index contributed by atoms with van der Waals surface area (Å²) >= 11 is 12.1. The fraction of sp³-hybridized carbons (Fsp3) is 0.471. The van der Waals surface area contributed by atoms with Gasteiger partial charge < -0.3 is 15.1 Å². The molecule has 1 saturated heterocycles. The largest absolute Gasteiger partial charge is 0.339 e. The number of piperazine rings is 1. The monoisotopic (exact) mass is 383 g/mol. The molecule has 6 nitrogen and oxygen atoms in total. The third kappa shape index (κ3) is 3.46. The Morgan fingerprint density at radius 2 is 1.64 bits per heavy atom. The first-order valence-electron chi connectivity index (χ1n) is 8.15. The highest BCUT2D eigenvalue weighted by Crippen LogP contribution is 2.48. The van der Waals surface area contributed by atoms with Gasteiger partial charge in [-0.2, -0.15) is 0 Å². The molecule has 3 amide bonds. The smallest absolute Gasteiger partial charge is 0.240 e. The second-order valence-corrected chi connectivity index (χ2v) is 7.22. The molecule has 1 aromatic rings. The molecule has 1 aliphatic heterocycles. The lowest BCUT2D eigenvalue weighted by molar-refractivity contribution is -0.146. The molecule has 0 spiro atoms. The molecular weight excluding hydrogens is 365 g/mol. The highest BCUT2D eigenvalue weighted by atomic mass is 35.5. The van der Waals surface area contributed by atoms with E-state index in [1.54, 1.807) is 28.0 Å². The van der Waals surface area contributed by atoms with Gasteiger partial charge in [-0.25, -0.2) is 0 Å². The van der Waals surface area contributed by atoms with Gasteiger partial charge in [0.1, 0.15) is 5.41 Å². The lowest BCUT2D eigenvalue weighted by atomic mass is 10.0. The second kappa shape index (κ2) is 6.84. The highest BCUT2D eigenvalue weighted by Gasteiger charge is 2.58. The van der Waals surface area contributed by atoms with Crippen molar-refractivity contribution in [2.45, 2.75) is 19.8 Å². The molecule has 1 saturated carbocycles. The van der Waals surface area contributed by atoms with Crippen molar-refractivity contribution in [3.63, 3.8) is 0 Å². The van der Waals surface area contributed by atoms with Crippen molar-refractivity contribution < 1.29 is 14.4 Å². The molecule has 0 bridgehead atoms. The van der Waals surface area contributed by atoms with Gasteiger partial charge >= 0.3 is 0 Å². The van der Waals surface area contributed by atoms with Crippen LogP contribution in [0.5, 0.6) is 0 Å². The van der Waals surface area contributed by atoms with Gasteiger partial charge in [-0.1, -0.05) is 29.3 Å². The summed E-state index contributed by atoms with van der Waals surface area (Å²) in [6.07, 6.45) is 1.03. The van der Waals surface area contributed by atoms with Crippen LogP contribution in [0.2, 0.25) is 10.0 Å². The molecule has 0 atom stereocenters. The Morgan fingerprint density at radius 3 is 2.20 bits per heavy atom. The van der Waals surface area contributed by atoms with Crippen molar-refractivity contribution in [2.24, 2.45) is 5.41 Å². The summed E-state index contributed by atoms with van der Waals surface area (Å²) in [7, 11) is 0. The van der Waals surface area contributed by atoms with Crippen LogP contribution >= 0.6 is 23.2 Å². The first-order valence-corrected chi connectivity index (χ1v) is 8.91. The van der Waals surface area contributed by atoms with Crippen molar-refractivity contribution in [2.75, 3.05) is 31.5 Å². The van der Waals surface area contributed by atoms with Crippen molar-refractivity contribution in [3.8, 4) is 0 Å². The normalized spacial score (nSPS) is 18.7. The van der Waals surface area contributed by atoms with Gasteiger partial charge in [-0.15, -0.1) is 0 Å². The summed E-state index contributed by atoms with van der Waals surface area (Å²) in [5.74, 6) is -0.524. The molecule has 0 unspecified atom stereocenters. The summed E-state index contributed by atoms with van der Waals surface area (Å²) in [5, 5.41) is 3.34. The lowest BCUT2D eigenvalue weighted by Crippen LogP contribution is -2.53. The van der Waals surface area contributed by atoms with Crippen LogP contribution < -0.4 is 5.32 Å². The van der Waals surface area contributed by atoms with E-state index in [9.17, 15) is 14.4 Å². The van der Waals surface area contributed by atoms with Crippen molar-refractivity contribution in [3.05, 3.63) is 28.2 Å². The second-order valence-electron chi connectivity index (χ2n) is 6.44. The number of benzene rings is 1. The first-order chi connectivity index (χ1) is 11.8. The molecule has 1 aromatic carbocycles. The number of nitrogens with one attached hydrogen (secondary N) is 1. The van der Waals surface area contributed by atoms with Gasteiger partial charge in [-0.3, -0.25) is 14.4 Å². The van der Waals surface area contributed by atoms with Crippen LogP contribution in [0.3, 0.4) is 0 Å². The molecule has 2 aliphatic rings. The van der Waals surface area contributed by atoms with E-state index in [0.717, 1.165) is 0 Å². The van der Waals surface area contributed by atoms with E-state index in [0.29, 0.717) is 49.7 Å². The van der Waals surface area contributed by atoms with Crippen LogP contribution in [0.15, 0.2) is 18.2 Å². The van der Waals surface area contributed by atoms with E-state index in [-0.39, 0.29) is 22.7 Å². The zero-order valence-corrected chi connectivity index (χ0v) is 15.4. The molecule has 1 N–H and O–H groups in total. The molecule has 0 aromatic heterocycles. The van der Waals surface area contributed by atoms with Crippen molar-refractivity contribution in [1.29, 1.82) is 0 Å². The highest BCUT2D eigenvalue weighted by molar-refractivity contribution is 6.44. The van der Waals surface area contributed by atoms with Gasteiger partial charge in [0.05, 0.1) is 15.7 Å². The Balaban J connectivity index is 1.67. The number of nitrogens with zero attached hydrogens (tertiary/aromatic N) is 2. The number of amides is 3. The van der Waals surface area contributed by atoms with Crippen LogP contribution in [-0.4, -0.2) is 53.7 Å². The Bertz CT molecular complexity index is 726. The number of carbonyl (C=O) groups excluding carboxylic acids is 3. The van der Waals surface area contributed by atoms with Crippen molar-refractivity contribution >= 4 is 46.6 Å². The van der Waals surface area contributed by atoms with E-state index < -0.39 is 5.41 Å². The predicted octanol–water partition coefficient (Wildman–Crippen LogP) is 2.40. The Kier molecular flexibility index (Phi) is 4.93. The number of halogens is 2. The van der Waals surface area contributed by atoms with E-state index in [2.05, 4.69) is 5.32 Å². The fourth-order valence-corrected chi connectivity index (χ4v) is 3.38. The van der Waals surface area contributed by atoms with Gasteiger partial charge in [0.2, 0.25) is 17.7 Å². The van der Waals surface area contributed by atoms with Crippen LogP contribution in [0.4, 0.5) is 5.69 Å². The average molecular weight is 384 g/mol. The summed E-state index contributed by atoms with van der Waals surface area (Å²) in [5.41, 5.74) is -0.621. The molecule has 2 fully saturated rings. The number of hydrogen-bond donors (Lipinski definition) is 1. The summed E-state index contributed by atoms with van der Waals surface area (Å²) < 4.78 is 0. The van der Waals surface area contributed by atoms with E-state index in [4.69, 9.17) is 23.2 Å². The third-order valence-electron chi connectivity index (χ3n) is 4.81. The molecule has 1 heterocycles. The molecule has 25 heavy (non-hydrogen) atoms. The van der Waals surface area contributed by atoms with Crippen LogP contribution in [0.25, 0.3) is 0 Å². The summed E-state index contributed by atoms with van der Waals surface area (Å²) in [4.78, 5) is 40.3. The zero-order valence-electron chi connectivity index (χ0n) is 13.8. The zero-order chi connectivity index (χ0) is 18.2. The van der Waals surface area contributed by atoms with Crippen LogP contribution in [-0.2, 0) is 14.4 Å². The first kappa shape index (κ1) is 18.0. The number of hydrogen-bond acceptors (Lipinski definition) is 3. The SMILES string of the molecule is CC(=O)N1CCN(C(=O)C2(C(=O)Nc3cccc(Cl)c3Cl)CC2)CC1. The van der Waals surface area contributed by atoms with Crippen LogP contribution in [0.1, 0.15) is 19.8 Å². The molecule has 8 heteroatoms. The maximum absolute atomic E-state index is 12.8. The van der Waals surface area contributed by atoms with Crippen LogP contribution in [0, 0.1) is 5.41 Å². The Labute approximate surface area is 156 Å². The van der Waals surface area contributed by atoms with E-state index in [1.807, 2.05) is 0 Å². The Morgan fingerprint density at radius 1 is 1.04 bits per heavy atom. The van der Waals surface area contributed by atoms with Gasteiger partial charge in [-0.05, 0) is 25.0 Å². The van der Waals surface area contributed by atoms with E-state index >= 15 is 0 Å². The third-order valence-corrected chi connectivity index (χ3v) is 5.62. The fourth-order valence-electron chi connectivity index (χ4n) is 3.03. The topological polar surface area (TPSA) is 69.7 Å². The molecule has 3 rings (SSSR count). The minimum Gasteiger partial charge on any atom is -0.339 e. The number of rotatable bonds is 3. The minimum absolute atomic E-state index is 0.00146. The van der Waals surface area contributed by atoms with Gasteiger partial charge in [0, 0.05) is 33.1 Å². The molecule has 1 aliphatic carbocycles. The summed E-state index contributed by atoms with van der Waals surface area (Å²) in [6, 6.07) is 4.97. The quantitative estimate of drug-likeness (QED) is 0.814. The van der Waals surface area contributed by atoms with Crippen molar-refractivity contribution in [1.82, 2.24) is 9.80 Å². The molecule has 134 valence electrons. The predicted molar refractivity (Wildman–Crippen MR) is 95.6 cm³/mol. The standard InChI is InChI=1S/C17H19Cl2N3O3/c1-11(23)21-7-9-22(10-8-21)16(25)17(5-6-17)15(24)20-13-4-2-3-12(18)14(13)19/h2-4H,5-10H2,1H3,(H,20,24). The maximum Gasteiger partial charge on any atom is 0.240 e. The average Bonchev–Trinajstić information content (AvgIpc) is 3.40. The molecule has 0 radical (unpaired) electrons. The van der Waals surface area contributed by atoms with Gasteiger partial charge in [0.25, 0.3) is 0 Å². The number of carbonyl (C=O) groups is 3. The molecular formula is C17H19Cl2N3O3.